The smallest absolute Gasteiger partial charge is 0.174 e. The molecular formula is C32H35N5OS. The van der Waals surface area contributed by atoms with Crippen molar-refractivity contribution in [2.24, 2.45) is 0 Å². The normalized spacial score (nSPS) is 19.4. The molecule has 200 valence electrons. The fourth-order valence-corrected chi connectivity index (χ4v) is 6.36. The number of rotatable bonds is 5. The van der Waals surface area contributed by atoms with Crippen LogP contribution in [0.4, 0.5) is 11.4 Å². The van der Waals surface area contributed by atoms with Crippen molar-refractivity contribution in [3.63, 3.8) is 0 Å². The maximum atomic E-state index is 6.00. The van der Waals surface area contributed by atoms with Crippen LogP contribution in [0.15, 0.2) is 72.9 Å². The molecule has 0 aliphatic carbocycles. The quantitative estimate of drug-likeness (QED) is 0.310. The molecule has 0 spiro atoms. The Morgan fingerprint density at radius 2 is 1.64 bits per heavy atom. The lowest BCUT2D eigenvalue weighted by Gasteiger charge is -2.31. The van der Waals surface area contributed by atoms with Crippen LogP contribution in [0.25, 0.3) is 5.69 Å². The van der Waals surface area contributed by atoms with E-state index in [9.17, 15) is 0 Å². The number of aromatic nitrogens is 2. The Balaban J connectivity index is 1.45. The van der Waals surface area contributed by atoms with Gasteiger partial charge in [0.25, 0.3) is 0 Å². The zero-order valence-electron chi connectivity index (χ0n) is 23.0. The van der Waals surface area contributed by atoms with E-state index in [-0.39, 0.29) is 12.1 Å². The van der Waals surface area contributed by atoms with Gasteiger partial charge in [-0.1, -0.05) is 18.2 Å². The van der Waals surface area contributed by atoms with E-state index < -0.39 is 0 Å². The standard InChI is InChI=1S/C32H35N5OS/c1-21-8-9-22(2)29(19-21)36-23(3)20-27(24(36)4)31-30(28-7-5-6-14-33-28)34-32(39)37(31)26-12-10-25(11-13-26)35-15-17-38-18-16-35/h5-14,19-20,30-31H,15-18H2,1-4H3,(H,34,39)/t30-,31-/m0/s1. The van der Waals surface area contributed by atoms with Gasteiger partial charge in [0, 0.05) is 47.7 Å². The molecule has 2 aromatic carbocycles. The average molecular weight is 538 g/mol. The number of hydrogen-bond donors (Lipinski definition) is 1. The number of benzene rings is 2. The zero-order chi connectivity index (χ0) is 27.1. The van der Waals surface area contributed by atoms with Crippen LogP contribution >= 0.6 is 12.2 Å². The van der Waals surface area contributed by atoms with Gasteiger partial charge in [0.1, 0.15) is 0 Å². The molecule has 0 radical (unpaired) electrons. The third-order valence-corrected chi connectivity index (χ3v) is 8.31. The Kier molecular flexibility index (Phi) is 6.87. The van der Waals surface area contributed by atoms with E-state index in [0.717, 1.165) is 37.7 Å². The van der Waals surface area contributed by atoms with E-state index in [2.05, 4.69) is 102 Å². The van der Waals surface area contributed by atoms with Gasteiger partial charge < -0.3 is 24.4 Å². The number of anilines is 2. The second-order valence-electron chi connectivity index (χ2n) is 10.6. The summed E-state index contributed by atoms with van der Waals surface area (Å²) < 4.78 is 7.93. The zero-order valence-corrected chi connectivity index (χ0v) is 23.8. The summed E-state index contributed by atoms with van der Waals surface area (Å²) in [5.41, 5.74) is 10.7. The molecule has 0 saturated carbocycles. The Labute approximate surface area is 236 Å². The van der Waals surface area contributed by atoms with Gasteiger partial charge in [-0.15, -0.1) is 0 Å². The van der Waals surface area contributed by atoms with Crippen molar-refractivity contribution in [3.8, 4) is 5.69 Å². The van der Waals surface area contributed by atoms with Crippen LogP contribution in [0.5, 0.6) is 0 Å². The number of aryl methyl sites for hydroxylation is 3. The molecule has 0 unspecified atom stereocenters. The Bertz CT molecular complexity index is 1490. The summed E-state index contributed by atoms with van der Waals surface area (Å²) in [4.78, 5) is 9.39. The second kappa shape index (κ2) is 10.5. The summed E-state index contributed by atoms with van der Waals surface area (Å²) in [6.45, 7) is 12.1. The summed E-state index contributed by atoms with van der Waals surface area (Å²) in [6.07, 6.45) is 1.86. The lowest BCUT2D eigenvalue weighted by atomic mass is 9.96. The third-order valence-electron chi connectivity index (χ3n) is 8.00. The third kappa shape index (κ3) is 4.70. The number of nitrogens with zero attached hydrogens (tertiary/aromatic N) is 4. The SMILES string of the molecule is Cc1ccc(C)c(-n2c(C)cc([C@H]3[C@H](c4ccccn4)NC(=S)N3c3ccc(N4CCOCC4)cc3)c2C)c1. The molecule has 6 nitrogen and oxygen atoms in total. The number of hydrogen-bond acceptors (Lipinski definition) is 4. The van der Waals surface area contributed by atoms with E-state index in [1.807, 2.05) is 18.3 Å². The van der Waals surface area contributed by atoms with Crippen molar-refractivity contribution in [2.75, 3.05) is 36.1 Å². The molecule has 39 heavy (non-hydrogen) atoms. The fraction of sp³-hybridized carbons (Fsp3) is 0.312. The summed E-state index contributed by atoms with van der Waals surface area (Å²) in [6, 6.07) is 23.7. The molecule has 4 aromatic rings. The highest BCUT2D eigenvalue weighted by atomic mass is 32.1. The first-order valence-electron chi connectivity index (χ1n) is 13.6. The van der Waals surface area contributed by atoms with Gasteiger partial charge in [0.05, 0.1) is 31.0 Å². The highest BCUT2D eigenvalue weighted by molar-refractivity contribution is 7.80. The molecule has 2 atom stereocenters. The van der Waals surface area contributed by atoms with Gasteiger partial charge >= 0.3 is 0 Å². The van der Waals surface area contributed by atoms with Crippen LogP contribution < -0.4 is 15.1 Å². The second-order valence-corrected chi connectivity index (χ2v) is 11.0. The minimum absolute atomic E-state index is 0.0494. The summed E-state index contributed by atoms with van der Waals surface area (Å²) in [5.74, 6) is 0. The molecule has 0 amide bonds. The van der Waals surface area contributed by atoms with E-state index in [1.54, 1.807) is 0 Å². The van der Waals surface area contributed by atoms with Gasteiger partial charge in [0.15, 0.2) is 5.11 Å². The fourth-order valence-electron chi connectivity index (χ4n) is 6.01. The summed E-state index contributed by atoms with van der Waals surface area (Å²) >= 11 is 6.00. The van der Waals surface area contributed by atoms with Crippen LogP contribution in [0.1, 0.15) is 45.9 Å². The number of nitrogens with one attached hydrogen (secondary N) is 1. The van der Waals surface area contributed by atoms with E-state index in [1.165, 1.54) is 39.5 Å². The minimum atomic E-state index is -0.0785. The number of morpholine rings is 1. The molecule has 2 aliphatic rings. The van der Waals surface area contributed by atoms with Crippen molar-refractivity contribution in [1.29, 1.82) is 0 Å². The first-order valence-corrected chi connectivity index (χ1v) is 14.0. The molecule has 2 fully saturated rings. The van der Waals surface area contributed by atoms with Gasteiger partial charge in [0.2, 0.25) is 0 Å². The number of pyridine rings is 1. The van der Waals surface area contributed by atoms with Crippen molar-refractivity contribution in [3.05, 3.63) is 107 Å². The topological polar surface area (TPSA) is 45.6 Å². The lowest BCUT2D eigenvalue weighted by molar-refractivity contribution is 0.122. The van der Waals surface area contributed by atoms with Gasteiger partial charge in [-0.2, -0.15) is 0 Å². The maximum absolute atomic E-state index is 6.00. The average Bonchev–Trinajstić information content (AvgIpc) is 3.45. The van der Waals surface area contributed by atoms with Crippen LogP contribution in [0.2, 0.25) is 0 Å². The van der Waals surface area contributed by atoms with Crippen molar-refractivity contribution < 1.29 is 4.74 Å². The summed E-state index contributed by atoms with van der Waals surface area (Å²) in [7, 11) is 0. The lowest BCUT2D eigenvalue weighted by Crippen LogP contribution is -2.36. The summed E-state index contributed by atoms with van der Waals surface area (Å²) in [5, 5.41) is 4.33. The number of ether oxygens (including phenoxy) is 1. The molecule has 2 aliphatic heterocycles. The van der Waals surface area contributed by atoms with Gasteiger partial charge in [-0.3, -0.25) is 4.98 Å². The Morgan fingerprint density at radius 3 is 2.36 bits per heavy atom. The Hall–Kier alpha value is -3.68. The van der Waals surface area contributed by atoms with Crippen molar-refractivity contribution in [2.45, 2.75) is 39.8 Å². The van der Waals surface area contributed by atoms with E-state index in [4.69, 9.17) is 21.9 Å². The minimum Gasteiger partial charge on any atom is -0.378 e. The molecule has 6 rings (SSSR count). The molecule has 2 aromatic heterocycles. The van der Waals surface area contributed by atoms with E-state index >= 15 is 0 Å². The monoisotopic (exact) mass is 537 g/mol. The van der Waals surface area contributed by atoms with Crippen LogP contribution in [0, 0.1) is 27.7 Å². The van der Waals surface area contributed by atoms with Crippen LogP contribution in [-0.4, -0.2) is 41.0 Å². The highest BCUT2D eigenvalue weighted by Crippen LogP contribution is 2.44. The van der Waals surface area contributed by atoms with E-state index in [0.29, 0.717) is 5.11 Å². The van der Waals surface area contributed by atoms with Gasteiger partial charge in [-0.05, 0) is 105 Å². The maximum Gasteiger partial charge on any atom is 0.174 e. The first kappa shape index (κ1) is 25.6. The predicted octanol–water partition coefficient (Wildman–Crippen LogP) is 6.12. The molecule has 1 N–H and O–H groups in total. The van der Waals surface area contributed by atoms with Gasteiger partial charge in [-0.25, -0.2) is 0 Å². The van der Waals surface area contributed by atoms with Crippen molar-refractivity contribution >= 4 is 28.7 Å². The van der Waals surface area contributed by atoms with Crippen LogP contribution in [0.3, 0.4) is 0 Å². The molecular weight excluding hydrogens is 502 g/mol. The van der Waals surface area contributed by atoms with Crippen molar-refractivity contribution in [1.82, 2.24) is 14.9 Å². The number of thiocarbonyl (C=S) groups is 1. The Morgan fingerprint density at radius 1 is 0.897 bits per heavy atom. The first-order chi connectivity index (χ1) is 18.9. The molecule has 7 heteroatoms. The highest BCUT2D eigenvalue weighted by Gasteiger charge is 2.42. The van der Waals surface area contributed by atoms with Crippen LogP contribution in [-0.2, 0) is 4.74 Å². The largest absolute Gasteiger partial charge is 0.378 e. The molecule has 2 saturated heterocycles. The molecule has 0 bridgehead atoms. The predicted molar refractivity (Wildman–Crippen MR) is 162 cm³/mol. The molecule has 4 heterocycles.